The van der Waals surface area contributed by atoms with Crippen LogP contribution < -0.4 is 5.23 Å². The van der Waals surface area contributed by atoms with Crippen molar-refractivity contribution in [2.24, 2.45) is 11.3 Å². The number of carbonyl (C=O) groups is 1. The van der Waals surface area contributed by atoms with Gasteiger partial charge in [-0.3, -0.25) is 0 Å². The minimum Gasteiger partial charge on any atom is -0.595 e. The summed E-state index contributed by atoms with van der Waals surface area (Å²) in [5, 5.41) is 18.9. The molecule has 1 aromatic carbocycles. The van der Waals surface area contributed by atoms with Crippen molar-refractivity contribution in [1.82, 2.24) is 0 Å². The fraction of sp³-hybridized carbons (Fsp3) is 0.476. The number of nitrogens with one attached hydrogen (secondary N) is 1. The van der Waals surface area contributed by atoms with Gasteiger partial charge in [-0.25, -0.2) is 10.0 Å². The van der Waals surface area contributed by atoms with Crippen LogP contribution in [0.1, 0.15) is 56.8 Å². The van der Waals surface area contributed by atoms with Gasteiger partial charge in [-0.15, -0.1) is 0 Å². The van der Waals surface area contributed by atoms with E-state index in [1.807, 2.05) is 0 Å². The number of quaternary nitrogens is 1. The third kappa shape index (κ3) is 3.61. The van der Waals surface area contributed by atoms with Crippen molar-refractivity contribution in [3.05, 3.63) is 58.3 Å². The van der Waals surface area contributed by atoms with Crippen molar-refractivity contribution in [2.75, 3.05) is 0 Å². The molecule has 1 saturated carbocycles. The van der Waals surface area contributed by atoms with Crippen LogP contribution in [0, 0.1) is 16.5 Å². The van der Waals surface area contributed by atoms with E-state index < -0.39 is 11.2 Å². The zero-order valence-corrected chi connectivity index (χ0v) is 15.7. The van der Waals surface area contributed by atoms with Gasteiger partial charge in [0.15, 0.2) is 5.69 Å². The van der Waals surface area contributed by atoms with Crippen LogP contribution in [-0.2, 0) is 4.74 Å². The zero-order valence-electron chi connectivity index (χ0n) is 15.7. The minimum absolute atomic E-state index is 0.153. The molecule has 0 aliphatic heterocycles. The Labute approximate surface area is 154 Å². The lowest BCUT2D eigenvalue weighted by molar-refractivity contribution is -0.991. The number of fused-ring (bicyclic) bond motifs is 1. The van der Waals surface area contributed by atoms with E-state index in [-0.39, 0.29) is 17.2 Å². The second kappa shape index (κ2) is 6.99. The predicted molar refractivity (Wildman–Crippen MR) is 99.0 cm³/mol. The quantitative estimate of drug-likeness (QED) is 0.491. The van der Waals surface area contributed by atoms with Gasteiger partial charge in [-0.1, -0.05) is 37.1 Å². The molecule has 2 aliphatic rings. The van der Waals surface area contributed by atoms with Crippen molar-refractivity contribution < 1.29 is 20.0 Å². The minimum atomic E-state index is -1.01. The molecule has 0 bridgehead atoms. The Bertz CT molecular complexity index is 746. The van der Waals surface area contributed by atoms with Crippen LogP contribution in [0.3, 0.4) is 0 Å². The van der Waals surface area contributed by atoms with Crippen LogP contribution in [0.2, 0.25) is 0 Å². The Morgan fingerprint density at radius 2 is 2.00 bits per heavy atom. The molecular formula is C21H27NO4. The number of carbonyl (C=O) groups excluding carboxylic acids is 1. The molecule has 0 aromatic heterocycles. The van der Waals surface area contributed by atoms with E-state index in [9.17, 15) is 10.0 Å². The lowest BCUT2D eigenvalue weighted by atomic mass is 9.80. The van der Waals surface area contributed by atoms with E-state index in [0.29, 0.717) is 17.9 Å². The number of hydrogen-bond acceptors (Lipinski definition) is 4. The van der Waals surface area contributed by atoms with Crippen LogP contribution in [0.15, 0.2) is 47.6 Å². The Morgan fingerprint density at radius 1 is 1.35 bits per heavy atom. The third-order valence-corrected chi connectivity index (χ3v) is 5.85. The molecule has 1 aromatic rings. The molecular weight excluding hydrogens is 330 g/mol. The van der Waals surface area contributed by atoms with E-state index in [0.717, 1.165) is 24.8 Å². The number of ether oxygens (including phenoxy) is 1. The fourth-order valence-electron chi connectivity index (χ4n) is 4.13. The van der Waals surface area contributed by atoms with Crippen molar-refractivity contribution >= 4 is 11.7 Å². The number of benzene rings is 1. The molecule has 5 heteroatoms. The Balaban J connectivity index is 1.79. The number of hydrogen-bond donors (Lipinski definition) is 2. The molecule has 0 saturated heterocycles. The Morgan fingerprint density at radius 3 is 2.62 bits per heavy atom. The Kier molecular flexibility index (Phi) is 5.06. The maximum atomic E-state index is 12.6. The molecule has 0 amide bonds. The second-order valence-electron chi connectivity index (χ2n) is 8.20. The molecule has 1 fully saturated rings. The number of esters is 1. The molecule has 3 rings (SSSR count). The van der Waals surface area contributed by atoms with Gasteiger partial charge in [0.25, 0.3) is 0 Å². The molecule has 3 unspecified atom stereocenters. The standard InChI is InChI=1S/C21H27NO4/c1-13-5-10-17-14(2)11-19(21(3,4)12-18(13)17)26-20(23)15-6-8-16(9-7-15)22(24)25/h6-9,17,19,22,24H,2,5,10-12H2,1,3-4H3. The summed E-state index contributed by atoms with van der Waals surface area (Å²) in [6.07, 6.45) is 3.60. The summed E-state index contributed by atoms with van der Waals surface area (Å²) < 4.78 is 5.87. The molecule has 0 radical (unpaired) electrons. The fourth-order valence-corrected chi connectivity index (χ4v) is 4.13. The lowest BCUT2D eigenvalue weighted by Gasteiger charge is -2.32. The van der Waals surface area contributed by atoms with Gasteiger partial charge in [-0.2, -0.15) is 5.23 Å². The van der Waals surface area contributed by atoms with E-state index in [2.05, 4.69) is 27.4 Å². The highest BCUT2D eigenvalue weighted by molar-refractivity contribution is 5.89. The van der Waals surface area contributed by atoms with Gasteiger partial charge in [-0.05, 0) is 38.3 Å². The first-order valence-corrected chi connectivity index (χ1v) is 9.09. The number of rotatable bonds is 3. The molecule has 140 valence electrons. The van der Waals surface area contributed by atoms with E-state index in [4.69, 9.17) is 9.94 Å². The highest BCUT2D eigenvalue weighted by Gasteiger charge is 2.41. The first-order chi connectivity index (χ1) is 12.2. The highest BCUT2D eigenvalue weighted by Crippen LogP contribution is 2.49. The number of allylic oxidation sites excluding steroid dienone is 2. The van der Waals surface area contributed by atoms with Gasteiger partial charge < -0.3 is 9.94 Å². The van der Waals surface area contributed by atoms with E-state index >= 15 is 0 Å². The first-order valence-electron chi connectivity index (χ1n) is 9.09. The second-order valence-corrected chi connectivity index (χ2v) is 8.20. The maximum absolute atomic E-state index is 12.6. The van der Waals surface area contributed by atoms with Gasteiger partial charge in [0.1, 0.15) is 6.10 Å². The zero-order chi connectivity index (χ0) is 19.1. The van der Waals surface area contributed by atoms with Gasteiger partial charge in [0.2, 0.25) is 0 Å². The Hall–Kier alpha value is -1.95. The van der Waals surface area contributed by atoms with E-state index in [1.54, 1.807) is 0 Å². The molecule has 3 atom stereocenters. The van der Waals surface area contributed by atoms with Crippen LogP contribution in [-0.4, -0.2) is 17.3 Å². The van der Waals surface area contributed by atoms with Crippen LogP contribution in [0.25, 0.3) is 0 Å². The molecule has 26 heavy (non-hydrogen) atoms. The summed E-state index contributed by atoms with van der Waals surface area (Å²) >= 11 is 0. The SMILES string of the molecule is C=C1CC(OC(=O)c2ccc([NH+]([O-])O)cc2)C(C)(C)CC2=C(C)CCC12. The van der Waals surface area contributed by atoms with Gasteiger partial charge in [0, 0.05) is 29.9 Å². The monoisotopic (exact) mass is 357 g/mol. The summed E-state index contributed by atoms with van der Waals surface area (Å²) in [5.41, 5.74) is 4.44. The smallest absolute Gasteiger partial charge is 0.338 e. The van der Waals surface area contributed by atoms with Crippen molar-refractivity contribution in [2.45, 2.75) is 52.6 Å². The maximum Gasteiger partial charge on any atom is 0.338 e. The lowest BCUT2D eigenvalue weighted by Crippen LogP contribution is -2.99. The molecule has 0 spiro atoms. The summed E-state index contributed by atoms with van der Waals surface area (Å²) in [5.74, 6) is 0.0124. The molecule has 5 nitrogen and oxygen atoms in total. The van der Waals surface area contributed by atoms with Crippen LogP contribution >= 0.6 is 0 Å². The normalized spacial score (nSPS) is 26.3. The average molecular weight is 357 g/mol. The summed E-state index contributed by atoms with van der Waals surface area (Å²) in [6.45, 7) is 10.8. The highest BCUT2D eigenvalue weighted by atomic mass is 16.8. The van der Waals surface area contributed by atoms with Crippen molar-refractivity contribution in [3.8, 4) is 0 Å². The van der Waals surface area contributed by atoms with Crippen LogP contribution in [0.5, 0.6) is 0 Å². The largest absolute Gasteiger partial charge is 0.595 e. The molecule has 2 aliphatic carbocycles. The summed E-state index contributed by atoms with van der Waals surface area (Å²) in [6, 6.07) is 5.86. The van der Waals surface area contributed by atoms with Crippen molar-refractivity contribution in [3.63, 3.8) is 0 Å². The predicted octanol–water partition coefficient (Wildman–Crippen LogP) is 3.72. The van der Waals surface area contributed by atoms with Gasteiger partial charge >= 0.3 is 5.97 Å². The van der Waals surface area contributed by atoms with Crippen molar-refractivity contribution in [1.29, 1.82) is 0 Å². The molecule has 0 heterocycles. The average Bonchev–Trinajstić information content (AvgIpc) is 2.90. The third-order valence-electron chi connectivity index (χ3n) is 5.85. The molecule has 2 N–H and O–H groups in total. The first kappa shape index (κ1) is 18.8. The van der Waals surface area contributed by atoms with Crippen LogP contribution in [0.4, 0.5) is 5.69 Å². The summed E-state index contributed by atoms with van der Waals surface area (Å²) in [4.78, 5) is 12.6. The summed E-state index contributed by atoms with van der Waals surface area (Å²) in [7, 11) is 0. The van der Waals surface area contributed by atoms with E-state index in [1.165, 1.54) is 35.4 Å². The topological polar surface area (TPSA) is 74.0 Å². The van der Waals surface area contributed by atoms with Gasteiger partial charge in [0.05, 0.1) is 5.56 Å².